The van der Waals surface area contributed by atoms with Crippen LogP contribution in [0.5, 0.6) is 0 Å². The fraction of sp³-hybridized carbons (Fsp3) is 1.00. The zero-order valence-electron chi connectivity index (χ0n) is 9.34. The summed E-state index contributed by atoms with van der Waals surface area (Å²) < 4.78 is 0. The topological polar surface area (TPSA) is 20.2 Å². The van der Waals surface area contributed by atoms with Gasteiger partial charge in [-0.05, 0) is 30.6 Å². The van der Waals surface area contributed by atoms with Crippen molar-refractivity contribution in [1.82, 2.24) is 0 Å². The Balaban J connectivity index is 2.48. The lowest BCUT2D eigenvalue weighted by Crippen LogP contribution is -2.26. The minimum absolute atomic E-state index is 0.0851. The molecule has 1 aliphatic rings. The molecule has 1 saturated carbocycles. The van der Waals surface area contributed by atoms with Crippen LogP contribution in [0.2, 0.25) is 0 Å². The molecule has 0 radical (unpaired) electrons. The Hall–Kier alpha value is -0.0400. The Kier molecular flexibility index (Phi) is 3.78. The number of aliphatic hydroxyl groups excluding tert-OH is 1. The molecule has 1 unspecified atom stereocenters. The van der Waals surface area contributed by atoms with Crippen LogP contribution >= 0.6 is 0 Å². The molecule has 1 atom stereocenters. The SMILES string of the molecule is CCC1(CC(O)C(C)C)CCCC1. The third-order valence-electron chi connectivity index (χ3n) is 3.83. The molecule has 1 heteroatoms. The maximum atomic E-state index is 9.88. The largest absolute Gasteiger partial charge is 0.393 e. The molecule has 1 N–H and O–H groups in total. The Labute approximate surface area is 82.5 Å². The lowest BCUT2D eigenvalue weighted by atomic mass is 9.76. The van der Waals surface area contributed by atoms with E-state index in [1.807, 2.05) is 0 Å². The van der Waals surface area contributed by atoms with E-state index in [4.69, 9.17) is 0 Å². The van der Waals surface area contributed by atoms with E-state index < -0.39 is 0 Å². The molecule has 1 aliphatic carbocycles. The highest BCUT2D eigenvalue weighted by Crippen LogP contribution is 2.45. The first-order valence-corrected chi connectivity index (χ1v) is 5.78. The molecular formula is C12H24O. The van der Waals surface area contributed by atoms with Crippen LogP contribution in [-0.4, -0.2) is 11.2 Å². The third-order valence-corrected chi connectivity index (χ3v) is 3.83. The average molecular weight is 184 g/mol. The van der Waals surface area contributed by atoms with E-state index in [1.165, 1.54) is 32.1 Å². The fourth-order valence-corrected chi connectivity index (χ4v) is 2.51. The average Bonchev–Trinajstić information content (AvgIpc) is 2.54. The van der Waals surface area contributed by atoms with E-state index in [1.54, 1.807) is 0 Å². The Morgan fingerprint density at radius 3 is 2.15 bits per heavy atom. The molecule has 0 aromatic carbocycles. The van der Waals surface area contributed by atoms with Crippen LogP contribution in [0, 0.1) is 11.3 Å². The first kappa shape index (κ1) is 11.0. The smallest absolute Gasteiger partial charge is 0.0568 e. The fourth-order valence-electron chi connectivity index (χ4n) is 2.51. The minimum atomic E-state index is -0.0851. The van der Waals surface area contributed by atoms with Crippen molar-refractivity contribution in [2.75, 3.05) is 0 Å². The zero-order valence-corrected chi connectivity index (χ0v) is 9.34. The number of aliphatic hydroxyl groups is 1. The van der Waals surface area contributed by atoms with Crippen LogP contribution in [0.15, 0.2) is 0 Å². The standard InChI is InChI=1S/C12H24O/c1-4-12(7-5-6-8-12)9-11(13)10(2)3/h10-11,13H,4-9H2,1-3H3. The molecule has 0 aromatic heterocycles. The van der Waals surface area contributed by atoms with Gasteiger partial charge >= 0.3 is 0 Å². The van der Waals surface area contributed by atoms with Crippen molar-refractivity contribution in [3.05, 3.63) is 0 Å². The van der Waals surface area contributed by atoms with E-state index >= 15 is 0 Å². The summed E-state index contributed by atoms with van der Waals surface area (Å²) in [5.41, 5.74) is 0.490. The van der Waals surface area contributed by atoms with Gasteiger partial charge in [0.1, 0.15) is 0 Å². The van der Waals surface area contributed by atoms with Crippen LogP contribution in [0.1, 0.15) is 59.3 Å². The molecule has 0 aromatic rings. The van der Waals surface area contributed by atoms with Gasteiger partial charge < -0.3 is 5.11 Å². The van der Waals surface area contributed by atoms with E-state index in [0.29, 0.717) is 11.3 Å². The summed E-state index contributed by atoms with van der Waals surface area (Å²) in [6.45, 7) is 6.50. The summed E-state index contributed by atoms with van der Waals surface area (Å²) in [6, 6.07) is 0. The number of hydrogen-bond acceptors (Lipinski definition) is 1. The molecule has 0 saturated heterocycles. The van der Waals surface area contributed by atoms with Gasteiger partial charge in [0.2, 0.25) is 0 Å². The van der Waals surface area contributed by atoms with Crippen molar-refractivity contribution in [2.24, 2.45) is 11.3 Å². The maximum Gasteiger partial charge on any atom is 0.0568 e. The summed E-state index contributed by atoms with van der Waals surface area (Å²) in [7, 11) is 0. The summed E-state index contributed by atoms with van der Waals surface area (Å²) in [5.74, 6) is 0.420. The Morgan fingerprint density at radius 2 is 1.77 bits per heavy atom. The minimum Gasteiger partial charge on any atom is -0.393 e. The quantitative estimate of drug-likeness (QED) is 0.710. The van der Waals surface area contributed by atoms with Gasteiger partial charge in [0.25, 0.3) is 0 Å². The second kappa shape index (κ2) is 4.45. The van der Waals surface area contributed by atoms with Gasteiger partial charge in [-0.1, -0.05) is 40.0 Å². The molecule has 0 heterocycles. The first-order chi connectivity index (χ1) is 6.09. The molecule has 1 rings (SSSR count). The van der Waals surface area contributed by atoms with Crippen molar-refractivity contribution in [3.63, 3.8) is 0 Å². The molecule has 1 fully saturated rings. The lowest BCUT2D eigenvalue weighted by molar-refractivity contribution is 0.0612. The van der Waals surface area contributed by atoms with Gasteiger partial charge in [0.15, 0.2) is 0 Å². The molecule has 0 spiro atoms. The monoisotopic (exact) mass is 184 g/mol. The highest BCUT2D eigenvalue weighted by Gasteiger charge is 2.34. The summed E-state index contributed by atoms with van der Waals surface area (Å²) in [5, 5.41) is 9.88. The molecule has 78 valence electrons. The summed E-state index contributed by atoms with van der Waals surface area (Å²) in [4.78, 5) is 0. The Morgan fingerprint density at radius 1 is 1.23 bits per heavy atom. The first-order valence-electron chi connectivity index (χ1n) is 5.78. The molecule has 13 heavy (non-hydrogen) atoms. The van der Waals surface area contributed by atoms with Crippen molar-refractivity contribution in [1.29, 1.82) is 0 Å². The van der Waals surface area contributed by atoms with Crippen molar-refractivity contribution < 1.29 is 5.11 Å². The molecular weight excluding hydrogens is 160 g/mol. The van der Waals surface area contributed by atoms with Gasteiger partial charge in [-0.15, -0.1) is 0 Å². The van der Waals surface area contributed by atoms with Crippen molar-refractivity contribution in [2.45, 2.75) is 65.4 Å². The zero-order chi connectivity index (χ0) is 9.90. The molecule has 0 aliphatic heterocycles. The van der Waals surface area contributed by atoms with E-state index in [2.05, 4.69) is 20.8 Å². The predicted molar refractivity (Wildman–Crippen MR) is 56.7 cm³/mol. The molecule has 1 nitrogen and oxygen atoms in total. The van der Waals surface area contributed by atoms with E-state index in [9.17, 15) is 5.11 Å². The lowest BCUT2D eigenvalue weighted by Gasteiger charge is -2.31. The Bertz CT molecular complexity index is 145. The molecule has 0 bridgehead atoms. The van der Waals surface area contributed by atoms with E-state index in [0.717, 1.165) is 6.42 Å². The number of hydrogen-bond donors (Lipinski definition) is 1. The van der Waals surface area contributed by atoms with Gasteiger partial charge in [-0.3, -0.25) is 0 Å². The van der Waals surface area contributed by atoms with Gasteiger partial charge in [-0.25, -0.2) is 0 Å². The molecule has 0 amide bonds. The highest BCUT2D eigenvalue weighted by molar-refractivity contribution is 4.86. The second-order valence-corrected chi connectivity index (χ2v) is 5.08. The van der Waals surface area contributed by atoms with Crippen molar-refractivity contribution in [3.8, 4) is 0 Å². The van der Waals surface area contributed by atoms with Gasteiger partial charge in [0.05, 0.1) is 6.10 Å². The number of rotatable bonds is 4. The summed E-state index contributed by atoms with van der Waals surface area (Å²) >= 11 is 0. The van der Waals surface area contributed by atoms with Crippen LogP contribution in [0.3, 0.4) is 0 Å². The van der Waals surface area contributed by atoms with E-state index in [-0.39, 0.29) is 6.10 Å². The predicted octanol–water partition coefficient (Wildman–Crippen LogP) is 3.36. The normalized spacial score (nSPS) is 23.8. The maximum absolute atomic E-state index is 9.88. The van der Waals surface area contributed by atoms with Crippen LogP contribution < -0.4 is 0 Å². The second-order valence-electron chi connectivity index (χ2n) is 5.08. The third kappa shape index (κ3) is 2.70. The van der Waals surface area contributed by atoms with Crippen LogP contribution in [0.4, 0.5) is 0 Å². The van der Waals surface area contributed by atoms with Crippen LogP contribution in [-0.2, 0) is 0 Å². The van der Waals surface area contributed by atoms with Crippen molar-refractivity contribution >= 4 is 0 Å². The van der Waals surface area contributed by atoms with Gasteiger partial charge in [0, 0.05) is 0 Å². The highest BCUT2D eigenvalue weighted by atomic mass is 16.3. The van der Waals surface area contributed by atoms with Crippen LogP contribution in [0.25, 0.3) is 0 Å². The van der Waals surface area contributed by atoms with Gasteiger partial charge in [-0.2, -0.15) is 0 Å². The summed E-state index contributed by atoms with van der Waals surface area (Å²) in [6.07, 6.45) is 7.62.